The van der Waals surface area contributed by atoms with E-state index in [-0.39, 0.29) is 17.4 Å². The SMILES string of the molecule is C[C@@H]1CN(C[C@H](CO)c2cc(Cl)cc(C#N)c2)C[C@H]1COc1ccc(S(C)(=O)=O)cc1. The maximum Gasteiger partial charge on any atom is 0.175 e. The molecule has 2 aromatic carbocycles. The van der Waals surface area contributed by atoms with Crippen LogP contribution in [0.5, 0.6) is 5.75 Å². The number of benzene rings is 2. The molecule has 0 aliphatic carbocycles. The molecule has 8 heteroatoms. The summed E-state index contributed by atoms with van der Waals surface area (Å²) in [5.74, 6) is 1.27. The molecule has 1 N–H and O–H groups in total. The van der Waals surface area contributed by atoms with Crippen LogP contribution in [0.2, 0.25) is 5.02 Å². The Morgan fingerprint density at radius 1 is 1.26 bits per heavy atom. The van der Waals surface area contributed by atoms with Crippen molar-refractivity contribution < 1.29 is 18.3 Å². The Labute approximate surface area is 188 Å². The minimum atomic E-state index is -3.22. The molecule has 6 nitrogen and oxygen atoms in total. The molecule has 1 fully saturated rings. The minimum absolute atomic E-state index is 0.0239. The number of hydrogen-bond acceptors (Lipinski definition) is 6. The van der Waals surface area contributed by atoms with Crippen molar-refractivity contribution in [2.45, 2.75) is 17.7 Å². The maximum atomic E-state index is 11.6. The molecule has 0 bridgehead atoms. The second-order valence-electron chi connectivity index (χ2n) is 8.28. The Balaban J connectivity index is 1.59. The monoisotopic (exact) mass is 462 g/mol. The van der Waals surface area contributed by atoms with Crippen molar-refractivity contribution in [3.8, 4) is 11.8 Å². The molecule has 0 spiro atoms. The summed E-state index contributed by atoms with van der Waals surface area (Å²) in [5.41, 5.74) is 1.36. The Bertz CT molecular complexity index is 1050. The van der Waals surface area contributed by atoms with Gasteiger partial charge in [0.2, 0.25) is 0 Å². The lowest BCUT2D eigenvalue weighted by Gasteiger charge is -2.23. The third-order valence-corrected chi connectivity index (χ3v) is 7.13. The van der Waals surface area contributed by atoms with Crippen molar-refractivity contribution in [3.05, 3.63) is 58.6 Å². The van der Waals surface area contributed by atoms with Crippen LogP contribution in [0.25, 0.3) is 0 Å². The molecule has 0 radical (unpaired) electrons. The van der Waals surface area contributed by atoms with Gasteiger partial charge < -0.3 is 14.7 Å². The maximum absolute atomic E-state index is 11.6. The van der Waals surface area contributed by atoms with Gasteiger partial charge in [-0.05, 0) is 53.9 Å². The minimum Gasteiger partial charge on any atom is -0.493 e. The van der Waals surface area contributed by atoms with Crippen LogP contribution in [0.3, 0.4) is 0 Å². The molecule has 0 aromatic heterocycles. The van der Waals surface area contributed by atoms with E-state index in [1.54, 1.807) is 36.4 Å². The van der Waals surface area contributed by atoms with Gasteiger partial charge >= 0.3 is 0 Å². The highest BCUT2D eigenvalue weighted by Crippen LogP contribution is 2.28. The van der Waals surface area contributed by atoms with Crippen molar-refractivity contribution in [1.82, 2.24) is 4.90 Å². The fourth-order valence-electron chi connectivity index (χ4n) is 3.99. The first kappa shape index (κ1) is 23.6. The molecule has 31 heavy (non-hydrogen) atoms. The standard InChI is InChI=1S/C23H27ClN2O4S/c1-16-11-26(12-19(14-27)18-7-17(10-25)8-21(24)9-18)13-20(16)15-30-22-3-5-23(6-4-22)31(2,28)29/h3-9,16,19-20,27H,11-15H2,1-2H3/t16-,19-,20+/m1/s1. The summed E-state index contributed by atoms with van der Waals surface area (Å²) in [4.78, 5) is 2.58. The molecule has 166 valence electrons. The first-order chi connectivity index (χ1) is 14.7. The van der Waals surface area contributed by atoms with Crippen LogP contribution in [0.4, 0.5) is 0 Å². The Morgan fingerprint density at radius 3 is 2.58 bits per heavy atom. The van der Waals surface area contributed by atoms with Gasteiger partial charge in [0.1, 0.15) is 5.75 Å². The summed E-state index contributed by atoms with van der Waals surface area (Å²) in [6.07, 6.45) is 1.18. The van der Waals surface area contributed by atoms with Gasteiger partial charge in [-0.1, -0.05) is 18.5 Å². The molecule has 1 saturated heterocycles. The van der Waals surface area contributed by atoms with Gasteiger partial charge in [0.15, 0.2) is 9.84 Å². The highest BCUT2D eigenvalue weighted by atomic mass is 35.5. The second kappa shape index (κ2) is 10.0. The van der Waals surface area contributed by atoms with E-state index in [4.69, 9.17) is 16.3 Å². The lowest BCUT2D eigenvalue weighted by Crippen LogP contribution is -2.29. The van der Waals surface area contributed by atoms with E-state index in [0.29, 0.717) is 41.3 Å². The molecule has 0 saturated carbocycles. The van der Waals surface area contributed by atoms with Gasteiger partial charge in [-0.3, -0.25) is 0 Å². The number of hydrogen-bond donors (Lipinski definition) is 1. The zero-order valence-electron chi connectivity index (χ0n) is 17.7. The summed E-state index contributed by atoms with van der Waals surface area (Å²) in [6.45, 7) is 5.10. The van der Waals surface area contributed by atoms with Crippen molar-refractivity contribution in [3.63, 3.8) is 0 Å². The number of sulfone groups is 1. The lowest BCUT2D eigenvalue weighted by molar-refractivity contribution is 0.205. The van der Waals surface area contributed by atoms with Gasteiger partial charge in [-0.25, -0.2) is 8.42 Å². The number of aliphatic hydroxyl groups is 1. The first-order valence-electron chi connectivity index (χ1n) is 10.2. The molecule has 0 amide bonds. The fraction of sp³-hybridized carbons (Fsp3) is 0.435. The largest absolute Gasteiger partial charge is 0.493 e. The summed E-state index contributed by atoms with van der Waals surface area (Å²) < 4.78 is 29.1. The molecule has 1 aliphatic rings. The third kappa shape index (κ3) is 6.20. The summed E-state index contributed by atoms with van der Waals surface area (Å²) >= 11 is 6.13. The summed E-state index contributed by atoms with van der Waals surface area (Å²) in [6, 6.07) is 13.8. The van der Waals surface area contributed by atoms with Crippen molar-refractivity contribution in [2.24, 2.45) is 11.8 Å². The lowest BCUT2D eigenvalue weighted by atomic mass is 9.97. The van der Waals surface area contributed by atoms with Crippen LogP contribution in [-0.4, -0.2) is 57.5 Å². The predicted molar refractivity (Wildman–Crippen MR) is 120 cm³/mol. The molecule has 1 heterocycles. The quantitative estimate of drug-likeness (QED) is 0.647. The van der Waals surface area contributed by atoms with E-state index in [1.807, 2.05) is 6.07 Å². The van der Waals surface area contributed by atoms with E-state index in [0.717, 1.165) is 18.7 Å². The molecule has 3 rings (SSSR count). The number of ether oxygens (including phenoxy) is 1. The number of likely N-dealkylation sites (tertiary alicyclic amines) is 1. The average Bonchev–Trinajstić information content (AvgIpc) is 3.08. The number of rotatable bonds is 8. The summed E-state index contributed by atoms with van der Waals surface area (Å²) in [7, 11) is -3.22. The normalized spacial score (nSPS) is 20.4. The predicted octanol–water partition coefficient (Wildman–Crippen LogP) is 3.34. The van der Waals surface area contributed by atoms with Crippen LogP contribution in [0, 0.1) is 23.2 Å². The molecular weight excluding hydrogens is 436 g/mol. The van der Waals surface area contributed by atoms with Crippen LogP contribution >= 0.6 is 11.6 Å². The van der Waals surface area contributed by atoms with Crippen molar-refractivity contribution in [2.75, 3.05) is 39.1 Å². The first-order valence-corrected chi connectivity index (χ1v) is 12.4. The van der Waals surface area contributed by atoms with Crippen molar-refractivity contribution in [1.29, 1.82) is 5.26 Å². The van der Waals surface area contributed by atoms with E-state index in [1.165, 1.54) is 6.26 Å². The molecule has 1 aliphatic heterocycles. The number of aliphatic hydroxyl groups excluding tert-OH is 1. The van der Waals surface area contributed by atoms with Crippen LogP contribution < -0.4 is 4.74 Å². The van der Waals surface area contributed by atoms with Crippen LogP contribution in [0.1, 0.15) is 24.0 Å². The van der Waals surface area contributed by atoms with E-state index < -0.39 is 9.84 Å². The van der Waals surface area contributed by atoms with Gasteiger partial charge in [0, 0.05) is 42.7 Å². The zero-order chi connectivity index (χ0) is 22.6. The van der Waals surface area contributed by atoms with E-state index in [2.05, 4.69) is 17.9 Å². The zero-order valence-corrected chi connectivity index (χ0v) is 19.2. The smallest absolute Gasteiger partial charge is 0.175 e. The van der Waals surface area contributed by atoms with Gasteiger partial charge in [0.25, 0.3) is 0 Å². The van der Waals surface area contributed by atoms with Crippen molar-refractivity contribution >= 4 is 21.4 Å². The van der Waals surface area contributed by atoms with Crippen LogP contribution in [-0.2, 0) is 9.84 Å². The fourth-order valence-corrected chi connectivity index (χ4v) is 4.86. The van der Waals surface area contributed by atoms with E-state index >= 15 is 0 Å². The Kier molecular flexibility index (Phi) is 7.60. The van der Waals surface area contributed by atoms with Gasteiger partial charge in [-0.2, -0.15) is 5.26 Å². The third-order valence-electron chi connectivity index (χ3n) is 5.78. The number of nitrogens with zero attached hydrogens (tertiary/aromatic N) is 2. The van der Waals surface area contributed by atoms with Crippen LogP contribution in [0.15, 0.2) is 47.4 Å². The number of halogens is 1. The molecule has 2 aromatic rings. The molecular formula is C23H27ClN2O4S. The average molecular weight is 463 g/mol. The van der Waals surface area contributed by atoms with Gasteiger partial charge in [-0.15, -0.1) is 0 Å². The van der Waals surface area contributed by atoms with E-state index in [9.17, 15) is 18.8 Å². The second-order valence-corrected chi connectivity index (χ2v) is 10.7. The summed E-state index contributed by atoms with van der Waals surface area (Å²) in [5, 5.41) is 19.6. The molecule has 0 unspecified atom stereocenters. The number of nitriles is 1. The van der Waals surface area contributed by atoms with Gasteiger partial charge in [0.05, 0.1) is 29.7 Å². The highest BCUT2D eigenvalue weighted by Gasteiger charge is 2.31. The topological polar surface area (TPSA) is 90.6 Å². The Hall–Kier alpha value is -2.11. The molecule has 3 atom stereocenters. The highest BCUT2D eigenvalue weighted by molar-refractivity contribution is 7.90. The Morgan fingerprint density at radius 2 is 1.97 bits per heavy atom.